The topological polar surface area (TPSA) is 348 Å². The van der Waals surface area contributed by atoms with Gasteiger partial charge in [0, 0.05) is 11.8 Å². The summed E-state index contributed by atoms with van der Waals surface area (Å²) in [5.41, 5.74) is -2.87. The zero-order chi connectivity index (χ0) is 44.6. The average molecular weight is 863 g/mol. The molecule has 62 heavy (non-hydrogen) atoms. The Morgan fingerprint density at radius 3 is 1.23 bits per heavy atom. The Balaban J connectivity index is 1.38. The number of ether oxygens (including phenoxy) is 4. The number of benzene rings is 4. The Morgan fingerprint density at radius 1 is 0.516 bits per heavy atom. The van der Waals surface area contributed by atoms with E-state index in [0.29, 0.717) is 0 Å². The van der Waals surface area contributed by atoms with Crippen LogP contribution in [-0.4, -0.2) is 159 Å². The van der Waals surface area contributed by atoms with E-state index in [-0.39, 0.29) is 44.9 Å². The second-order valence-corrected chi connectivity index (χ2v) is 15.2. The number of rotatable bonds is 9. The van der Waals surface area contributed by atoms with Crippen LogP contribution in [0.1, 0.15) is 86.6 Å². The molecular formula is C42H38O20. The van der Waals surface area contributed by atoms with Gasteiger partial charge in [-0.1, -0.05) is 24.3 Å². The van der Waals surface area contributed by atoms with Crippen LogP contribution < -0.4 is 9.47 Å². The molecule has 0 unspecified atom stereocenters. The minimum Gasteiger partial charge on any atom is -0.507 e. The highest BCUT2D eigenvalue weighted by atomic mass is 16.7. The predicted molar refractivity (Wildman–Crippen MR) is 202 cm³/mol. The lowest BCUT2D eigenvalue weighted by atomic mass is 9.63. The zero-order valence-corrected chi connectivity index (χ0v) is 31.7. The number of aromatic carboxylic acids is 2. The number of aliphatic hydroxyl groups is 8. The van der Waals surface area contributed by atoms with E-state index in [0.717, 1.165) is 24.3 Å². The fourth-order valence-corrected chi connectivity index (χ4v) is 8.71. The zero-order valence-electron chi connectivity index (χ0n) is 31.7. The van der Waals surface area contributed by atoms with E-state index in [1.807, 2.05) is 0 Å². The van der Waals surface area contributed by atoms with Gasteiger partial charge in [0.2, 0.25) is 24.1 Å². The summed E-state index contributed by atoms with van der Waals surface area (Å²) >= 11 is 0. The molecule has 12 N–H and O–H groups in total. The fraction of sp³-hybridized carbons (Fsp3) is 0.333. The third kappa shape index (κ3) is 6.73. The molecule has 2 fully saturated rings. The van der Waals surface area contributed by atoms with E-state index in [2.05, 4.69) is 0 Å². The first-order chi connectivity index (χ1) is 29.5. The van der Waals surface area contributed by atoms with Crippen LogP contribution in [0.2, 0.25) is 0 Å². The Bertz CT molecular complexity index is 2330. The second kappa shape index (κ2) is 16.0. The molecule has 2 aliphatic carbocycles. The van der Waals surface area contributed by atoms with Crippen LogP contribution in [0.3, 0.4) is 0 Å². The number of hydrogen-bond acceptors (Lipinski definition) is 18. The molecule has 0 radical (unpaired) electrons. The molecule has 326 valence electrons. The molecule has 0 amide bonds. The lowest BCUT2D eigenvalue weighted by Gasteiger charge is -2.41. The van der Waals surface area contributed by atoms with Gasteiger partial charge in [0.1, 0.15) is 71.8 Å². The van der Waals surface area contributed by atoms with Gasteiger partial charge >= 0.3 is 11.9 Å². The summed E-state index contributed by atoms with van der Waals surface area (Å²) in [5, 5.41) is 126. The molecule has 2 aliphatic heterocycles. The molecule has 20 heteroatoms. The van der Waals surface area contributed by atoms with Gasteiger partial charge in [0.05, 0.1) is 46.6 Å². The number of carbonyl (C=O) groups excluding carboxylic acids is 2. The molecule has 8 rings (SSSR count). The van der Waals surface area contributed by atoms with Crippen LogP contribution in [-0.2, 0) is 9.47 Å². The van der Waals surface area contributed by atoms with Crippen LogP contribution >= 0.6 is 0 Å². The van der Waals surface area contributed by atoms with Crippen LogP contribution in [0.15, 0.2) is 60.7 Å². The molecule has 0 spiro atoms. The number of carboxylic acids is 2. The Labute approximate surface area is 348 Å². The minimum atomic E-state index is -1.94. The summed E-state index contributed by atoms with van der Waals surface area (Å²) in [6, 6.07) is 11.9. The number of aromatic hydroxyl groups is 2. The number of carbonyl (C=O) groups is 4. The number of phenolic OH excluding ortho intramolecular Hbond substituents is 2. The van der Waals surface area contributed by atoms with Crippen molar-refractivity contribution < 1.29 is 99.4 Å². The molecule has 0 saturated carbocycles. The van der Waals surface area contributed by atoms with Crippen molar-refractivity contribution in [2.45, 2.75) is 73.2 Å². The monoisotopic (exact) mass is 862 g/mol. The van der Waals surface area contributed by atoms with Crippen molar-refractivity contribution in [1.29, 1.82) is 0 Å². The lowest BCUT2D eigenvalue weighted by Crippen LogP contribution is -2.60. The first-order valence-electron chi connectivity index (χ1n) is 19.0. The van der Waals surface area contributed by atoms with E-state index < -0.39 is 144 Å². The van der Waals surface area contributed by atoms with Gasteiger partial charge in [-0.3, -0.25) is 9.59 Å². The molecule has 2 heterocycles. The number of aliphatic hydroxyl groups excluding tert-OH is 8. The van der Waals surface area contributed by atoms with Crippen molar-refractivity contribution >= 4 is 23.5 Å². The number of ketones is 2. The van der Waals surface area contributed by atoms with Crippen LogP contribution in [0.5, 0.6) is 23.0 Å². The molecule has 0 aromatic heterocycles. The van der Waals surface area contributed by atoms with E-state index in [1.54, 1.807) is 0 Å². The quantitative estimate of drug-likeness (QED) is 0.0950. The van der Waals surface area contributed by atoms with Crippen molar-refractivity contribution in [3.05, 3.63) is 116 Å². The van der Waals surface area contributed by atoms with E-state index in [4.69, 9.17) is 18.9 Å². The molecule has 0 bridgehead atoms. The molecular weight excluding hydrogens is 824 g/mol. The summed E-state index contributed by atoms with van der Waals surface area (Å²) in [7, 11) is 0. The van der Waals surface area contributed by atoms with Crippen molar-refractivity contribution in [2.75, 3.05) is 13.2 Å². The maximum Gasteiger partial charge on any atom is 0.335 e. The van der Waals surface area contributed by atoms with Crippen molar-refractivity contribution in [3.8, 4) is 23.0 Å². The van der Waals surface area contributed by atoms with E-state index in [1.165, 1.54) is 36.4 Å². The van der Waals surface area contributed by atoms with E-state index in [9.17, 15) is 80.5 Å². The first-order valence-corrected chi connectivity index (χ1v) is 19.0. The highest BCUT2D eigenvalue weighted by Gasteiger charge is 2.50. The van der Waals surface area contributed by atoms with Gasteiger partial charge in [0.15, 0.2) is 0 Å². The van der Waals surface area contributed by atoms with Crippen LogP contribution in [0.4, 0.5) is 0 Å². The normalized spacial score (nSPS) is 30.1. The summed E-state index contributed by atoms with van der Waals surface area (Å²) < 4.78 is 23.0. The van der Waals surface area contributed by atoms with E-state index >= 15 is 0 Å². The second-order valence-electron chi connectivity index (χ2n) is 15.2. The lowest BCUT2D eigenvalue weighted by molar-refractivity contribution is -0.277. The van der Waals surface area contributed by atoms with Gasteiger partial charge in [-0.2, -0.15) is 0 Å². The summed E-state index contributed by atoms with van der Waals surface area (Å²) in [6.07, 6.45) is -17.7. The summed E-state index contributed by atoms with van der Waals surface area (Å²) in [5.74, 6) is -10.1. The van der Waals surface area contributed by atoms with Crippen molar-refractivity contribution in [3.63, 3.8) is 0 Å². The first kappa shape index (κ1) is 42.6. The van der Waals surface area contributed by atoms with Crippen LogP contribution in [0.25, 0.3) is 0 Å². The molecule has 4 aliphatic rings. The Kier molecular flexibility index (Phi) is 11.0. The predicted octanol–water partition coefficient (Wildman–Crippen LogP) is -1.10. The third-order valence-electron chi connectivity index (χ3n) is 11.7. The molecule has 12 atom stereocenters. The number of carboxylic acid groups (broad SMARTS) is 2. The molecule has 2 saturated heterocycles. The van der Waals surface area contributed by atoms with Gasteiger partial charge in [0.25, 0.3) is 0 Å². The SMILES string of the molecule is O=C(O)c1cc(O)c2c(c1)[C@@H]([C@H]1c3cc(C(=O)O)cc(O)c3C(=O)c3c(O[C@@H]4O[C@H](CO)[C@@H](O)[C@H](O)[C@H]4O)cccc31)c1cccc(O[C@H]3O[C@@H](CO)[C@H](O)[C@@H](O)[C@@H]3O)c1C2=O. The van der Waals surface area contributed by atoms with Crippen molar-refractivity contribution in [2.24, 2.45) is 0 Å². The fourth-order valence-electron chi connectivity index (χ4n) is 8.71. The minimum absolute atomic E-state index is 0.00301. The summed E-state index contributed by atoms with van der Waals surface area (Å²) in [4.78, 5) is 54.2. The average Bonchev–Trinajstić information content (AvgIpc) is 3.24. The smallest absolute Gasteiger partial charge is 0.335 e. The molecule has 4 aromatic carbocycles. The van der Waals surface area contributed by atoms with Crippen LogP contribution in [0, 0.1) is 0 Å². The molecule has 4 aromatic rings. The number of fused-ring (bicyclic) bond motifs is 4. The third-order valence-corrected chi connectivity index (χ3v) is 11.7. The summed E-state index contributed by atoms with van der Waals surface area (Å²) in [6.45, 7) is -1.64. The molecule has 20 nitrogen and oxygen atoms in total. The highest BCUT2D eigenvalue weighted by Crippen LogP contribution is 2.56. The highest BCUT2D eigenvalue weighted by molar-refractivity contribution is 6.18. The van der Waals surface area contributed by atoms with Crippen molar-refractivity contribution in [1.82, 2.24) is 0 Å². The Hall–Kier alpha value is -6.04. The van der Waals surface area contributed by atoms with Gasteiger partial charge < -0.3 is 80.2 Å². The number of phenols is 2. The maximum absolute atomic E-state index is 14.7. The number of hydrogen-bond donors (Lipinski definition) is 12. The maximum atomic E-state index is 14.7. The van der Waals surface area contributed by atoms with Gasteiger partial charge in [-0.15, -0.1) is 0 Å². The van der Waals surface area contributed by atoms with Gasteiger partial charge in [-0.05, 0) is 58.7 Å². The Morgan fingerprint density at radius 2 is 0.887 bits per heavy atom. The standard InChI is InChI=1S/C42H38O20/c43-11-23-31(47)35(51)37(53)41(61-23)59-21-5-1-3-15-25(17-7-13(39(55)56)9-19(45)27(17)33(49)29(15)21)26-16-4-2-6-22(60-42-38(54)36(52)32(48)24(12-44)62-42)30(16)34(50)28-18(26)8-14(40(57)58)10-20(28)46/h1-10,23-26,31-32,35-38,41-48,51-54H,11-12H2,(H,55,56)(H,57,58)/t23-,24+,25-,26+,31-,32+,35+,36-,37-,38+,41-,42+. The van der Waals surface area contributed by atoms with Gasteiger partial charge in [-0.25, -0.2) is 9.59 Å². The largest absolute Gasteiger partial charge is 0.507 e.